The molecule has 0 radical (unpaired) electrons. The normalized spacial score (nSPS) is 10.0. The highest BCUT2D eigenvalue weighted by atomic mass is 79.9. The summed E-state index contributed by atoms with van der Waals surface area (Å²) in [7, 11) is 1.51. The second-order valence-electron chi connectivity index (χ2n) is 3.78. The maximum atomic E-state index is 12.1. The molecule has 1 aromatic heterocycles. The fourth-order valence-corrected chi connectivity index (χ4v) is 1.86. The number of nitrogen functional groups attached to an aromatic ring is 1. The molecule has 0 atom stereocenters. The lowest BCUT2D eigenvalue weighted by molar-refractivity contribution is 0.102. The Morgan fingerprint density at radius 3 is 2.79 bits per heavy atom. The molecule has 0 aliphatic carbocycles. The Morgan fingerprint density at radius 2 is 2.16 bits per heavy atom. The van der Waals surface area contributed by atoms with Crippen molar-refractivity contribution in [1.82, 2.24) is 4.98 Å². The van der Waals surface area contributed by atoms with Crippen LogP contribution in [-0.2, 0) is 0 Å². The van der Waals surface area contributed by atoms with Gasteiger partial charge in [0.25, 0.3) is 5.91 Å². The van der Waals surface area contributed by atoms with Gasteiger partial charge in [-0.05, 0) is 30.3 Å². The van der Waals surface area contributed by atoms with Gasteiger partial charge in [0.05, 0.1) is 24.6 Å². The zero-order valence-corrected chi connectivity index (χ0v) is 11.8. The van der Waals surface area contributed by atoms with Gasteiger partial charge in [0.1, 0.15) is 11.6 Å². The number of methoxy groups -OCH3 is 1. The standard InChI is InChI=1S/C13H12BrN3O2/c1-19-11-6-8(14)2-4-10(11)13(18)17-12-5-3-9(15)7-16-12/h2-7H,15H2,1H3,(H,16,17,18). The number of hydrogen-bond acceptors (Lipinski definition) is 4. The number of aromatic nitrogens is 1. The number of benzene rings is 1. The Balaban J connectivity index is 2.22. The number of pyridine rings is 1. The second-order valence-corrected chi connectivity index (χ2v) is 4.69. The molecule has 2 aromatic rings. The van der Waals surface area contributed by atoms with Gasteiger partial charge in [-0.3, -0.25) is 4.79 Å². The first kappa shape index (κ1) is 13.4. The van der Waals surface area contributed by atoms with Crippen molar-refractivity contribution < 1.29 is 9.53 Å². The van der Waals surface area contributed by atoms with Crippen molar-refractivity contribution in [2.75, 3.05) is 18.2 Å². The Morgan fingerprint density at radius 1 is 1.37 bits per heavy atom. The van der Waals surface area contributed by atoms with Crippen molar-refractivity contribution in [2.24, 2.45) is 0 Å². The number of halogens is 1. The van der Waals surface area contributed by atoms with Crippen molar-refractivity contribution in [2.45, 2.75) is 0 Å². The maximum Gasteiger partial charge on any atom is 0.260 e. The third-order valence-corrected chi connectivity index (χ3v) is 2.93. The summed E-state index contributed by atoms with van der Waals surface area (Å²) in [5.41, 5.74) is 6.51. The van der Waals surface area contributed by atoms with Gasteiger partial charge in [-0.2, -0.15) is 0 Å². The second kappa shape index (κ2) is 5.71. The first-order valence-electron chi connectivity index (χ1n) is 5.46. The minimum Gasteiger partial charge on any atom is -0.496 e. The molecule has 0 aliphatic rings. The molecule has 3 N–H and O–H groups in total. The van der Waals surface area contributed by atoms with Gasteiger partial charge >= 0.3 is 0 Å². The molecule has 0 saturated heterocycles. The van der Waals surface area contributed by atoms with Crippen molar-refractivity contribution in [3.8, 4) is 5.75 Å². The maximum absolute atomic E-state index is 12.1. The van der Waals surface area contributed by atoms with Gasteiger partial charge < -0.3 is 15.8 Å². The van der Waals surface area contributed by atoms with Gasteiger partial charge in [0, 0.05) is 4.47 Å². The Bertz CT molecular complexity index is 599. The number of nitrogens with one attached hydrogen (secondary N) is 1. The molecule has 19 heavy (non-hydrogen) atoms. The van der Waals surface area contributed by atoms with Crippen molar-refractivity contribution in [3.63, 3.8) is 0 Å². The van der Waals surface area contributed by atoms with Crippen molar-refractivity contribution in [1.29, 1.82) is 0 Å². The predicted molar refractivity (Wildman–Crippen MR) is 77.3 cm³/mol. The Labute approximate surface area is 118 Å². The van der Waals surface area contributed by atoms with E-state index in [4.69, 9.17) is 10.5 Å². The molecule has 1 amide bonds. The van der Waals surface area contributed by atoms with Crippen LogP contribution in [0.25, 0.3) is 0 Å². The first-order valence-corrected chi connectivity index (χ1v) is 6.26. The van der Waals surface area contributed by atoms with Gasteiger partial charge in [0.15, 0.2) is 0 Å². The van der Waals surface area contributed by atoms with E-state index in [-0.39, 0.29) is 5.91 Å². The number of anilines is 2. The third-order valence-electron chi connectivity index (χ3n) is 2.44. The average Bonchev–Trinajstić information content (AvgIpc) is 2.41. The highest BCUT2D eigenvalue weighted by Gasteiger charge is 2.13. The summed E-state index contributed by atoms with van der Waals surface area (Å²) >= 11 is 3.32. The lowest BCUT2D eigenvalue weighted by Gasteiger charge is -2.09. The van der Waals surface area contributed by atoms with E-state index in [2.05, 4.69) is 26.2 Å². The molecular formula is C13H12BrN3O2. The molecule has 2 rings (SSSR count). The molecule has 5 nitrogen and oxygen atoms in total. The zero-order valence-electron chi connectivity index (χ0n) is 10.2. The van der Waals surface area contributed by atoms with E-state index < -0.39 is 0 Å². The lowest BCUT2D eigenvalue weighted by Crippen LogP contribution is -2.14. The molecule has 0 fully saturated rings. The topological polar surface area (TPSA) is 77.2 Å². The Kier molecular flexibility index (Phi) is 4.01. The molecule has 1 heterocycles. The largest absolute Gasteiger partial charge is 0.496 e. The lowest BCUT2D eigenvalue weighted by atomic mass is 10.2. The van der Waals surface area contributed by atoms with E-state index in [0.717, 1.165) is 4.47 Å². The molecule has 6 heteroatoms. The molecule has 0 unspecified atom stereocenters. The van der Waals surface area contributed by atoms with Crippen LogP contribution in [0.3, 0.4) is 0 Å². The number of ether oxygens (including phenoxy) is 1. The zero-order chi connectivity index (χ0) is 13.8. The highest BCUT2D eigenvalue weighted by Crippen LogP contribution is 2.24. The third kappa shape index (κ3) is 3.23. The SMILES string of the molecule is COc1cc(Br)ccc1C(=O)Nc1ccc(N)cn1. The number of hydrogen-bond donors (Lipinski definition) is 2. The summed E-state index contributed by atoms with van der Waals surface area (Å²) in [6, 6.07) is 8.48. The van der Waals surface area contributed by atoms with E-state index in [1.54, 1.807) is 30.3 Å². The van der Waals surface area contributed by atoms with Gasteiger partial charge in [-0.25, -0.2) is 4.98 Å². The summed E-state index contributed by atoms with van der Waals surface area (Å²) in [6.07, 6.45) is 1.48. The first-order chi connectivity index (χ1) is 9.10. The van der Waals surface area contributed by atoms with Crippen LogP contribution < -0.4 is 15.8 Å². The quantitative estimate of drug-likeness (QED) is 0.911. The number of amides is 1. The van der Waals surface area contributed by atoms with E-state index in [9.17, 15) is 4.79 Å². The average molecular weight is 322 g/mol. The molecule has 0 saturated carbocycles. The van der Waals surface area contributed by atoms with Gasteiger partial charge in [-0.15, -0.1) is 0 Å². The number of carbonyl (C=O) groups excluding carboxylic acids is 1. The molecular weight excluding hydrogens is 310 g/mol. The van der Waals surface area contributed by atoms with Crippen LogP contribution >= 0.6 is 15.9 Å². The number of nitrogens with two attached hydrogens (primary N) is 1. The van der Waals surface area contributed by atoms with E-state index >= 15 is 0 Å². The molecule has 0 spiro atoms. The number of nitrogens with zero attached hydrogens (tertiary/aromatic N) is 1. The van der Waals surface area contributed by atoms with Crippen molar-refractivity contribution >= 4 is 33.3 Å². The molecule has 1 aromatic carbocycles. The molecule has 0 aliphatic heterocycles. The minimum absolute atomic E-state index is 0.290. The Hall–Kier alpha value is -2.08. The van der Waals surface area contributed by atoms with Crippen LogP contribution in [0, 0.1) is 0 Å². The van der Waals surface area contributed by atoms with Crippen LogP contribution in [0.2, 0.25) is 0 Å². The summed E-state index contributed by atoms with van der Waals surface area (Å²) in [4.78, 5) is 16.1. The van der Waals surface area contributed by atoms with E-state index in [0.29, 0.717) is 22.8 Å². The van der Waals surface area contributed by atoms with E-state index in [1.807, 2.05) is 0 Å². The van der Waals surface area contributed by atoms with Crippen LogP contribution in [0.4, 0.5) is 11.5 Å². The minimum atomic E-state index is -0.290. The van der Waals surface area contributed by atoms with Gasteiger partial charge in [-0.1, -0.05) is 15.9 Å². The molecule has 0 bridgehead atoms. The number of rotatable bonds is 3. The summed E-state index contributed by atoms with van der Waals surface area (Å²) in [6.45, 7) is 0. The van der Waals surface area contributed by atoms with Crippen molar-refractivity contribution in [3.05, 3.63) is 46.6 Å². The summed E-state index contributed by atoms with van der Waals surface area (Å²) in [5.74, 6) is 0.633. The monoisotopic (exact) mass is 321 g/mol. The number of carbonyl (C=O) groups is 1. The van der Waals surface area contributed by atoms with Gasteiger partial charge in [0.2, 0.25) is 0 Å². The van der Waals surface area contributed by atoms with Crippen LogP contribution in [0.15, 0.2) is 41.0 Å². The smallest absolute Gasteiger partial charge is 0.260 e. The van der Waals surface area contributed by atoms with E-state index in [1.165, 1.54) is 13.3 Å². The summed E-state index contributed by atoms with van der Waals surface area (Å²) < 4.78 is 6.01. The highest BCUT2D eigenvalue weighted by molar-refractivity contribution is 9.10. The fourth-order valence-electron chi connectivity index (χ4n) is 1.52. The predicted octanol–water partition coefficient (Wildman–Crippen LogP) is 2.69. The molecule has 98 valence electrons. The van der Waals surface area contributed by atoms with Crippen LogP contribution in [0.5, 0.6) is 5.75 Å². The van der Waals surface area contributed by atoms with Crippen LogP contribution in [0.1, 0.15) is 10.4 Å². The fraction of sp³-hybridized carbons (Fsp3) is 0.0769. The van der Waals surface area contributed by atoms with Crippen LogP contribution in [-0.4, -0.2) is 18.0 Å². The summed E-state index contributed by atoms with van der Waals surface area (Å²) in [5, 5.41) is 2.68.